The number of hydrogen-bond acceptors (Lipinski definition) is 3. The van der Waals surface area contributed by atoms with Crippen molar-refractivity contribution >= 4 is 33.9 Å². The number of fused-ring (bicyclic) bond motifs is 1. The normalized spacial score (nSPS) is 11.9. The number of carboxylic acid groups (broad SMARTS) is 1. The van der Waals surface area contributed by atoms with Gasteiger partial charge in [-0.1, -0.05) is 0 Å². The standard InChI is InChI=1S/C11H12N4O2S/c1-13-11(12)18-5-9-14-7-3-2-6(10(16)17)4-8(7)15-9/h2-4H,5H2,1H3,(H2,12,13)(H,14,15)(H,16,17)/p+1. The van der Waals surface area contributed by atoms with E-state index in [1.807, 2.05) is 0 Å². The van der Waals surface area contributed by atoms with Gasteiger partial charge in [-0.3, -0.25) is 10.7 Å². The van der Waals surface area contributed by atoms with E-state index in [1.54, 1.807) is 19.2 Å². The molecule has 2 rings (SSSR count). The molecule has 0 amide bonds. The zero-order valence-electron chi connectivity index (χ0n) is 9.73. The van der Waals surface area contributed by atoms with Gasteiger partial charge in [-0.05, 0) is 30.0 Å². The number of nitrogens with two attached hydrogens (primary N) is 1. The summed E-state index contributed by atoms with van der Waals surface area (Å²) >= 11 is 1.43. The van der Waals surface area contributed by atoms with E-state index >= 15 is 0 Å². The fraction of sp³-hybridized carbons (Fsp3) is 0.182. The lowest BCUT2D eigenvalue weighted by Crippen LogP contribution is -2.69. The molecule has 0 aliphatic rings. The van der Waals surface area contributed by atoms with Crippen LogP contribution in [0.2, 0.25) is 0 Å². The summed E-state index contributed by atoms with van der Waals surface area (Å²) in [6.45, 7) is 0. The lowest BCUT2D eigenvalue weighted by atomic mass is 10.2. The number of thioether (sulfide) groups is 1. The van der Waals surface area contributed by atoms with Crippen LogP contribution in [0.25, 0.3) is 11.0 Å². The lowest BCUT2D eigenvalue weighted by molar-refractivity contribution is -0.417. The van der Waals surface area contributed by atoms with Crippen molar-refractivity contribution in [3.8, 4) is 0 Å². The molecule has 5 N–H and O–H groups in total. The molecule has 18 heavy (non-hydrogen) atoms. The first-order chi connectivity index (χ1) is 8.60. The van der Waals surface area contributed by atoms with E-state index in [0.29, 0.717) is 16.4 Å². The topological polar surface area (TPSA) is 106 Å². The van der Waals surface area contributed by atoms with Crippen molar-refractivity contribution in [2.24, 2.45) is 5.73 Å². The second-order valence-corrected chi connectivity index (χ2v) is 4.64. The van der Waals surface area contributed by atoms with E-state index in [1.165, 1.54) is 17.8 Å². The molecule has 0 bridgehead atoms. The Bertz CT molecular complexity index is 621. The molecule has 1 aromatic carbocycles. The summed E-state index contributed by atoms with van der Waals surface area (Å²) in [7, 11) is 1.75. The van der Waals surface area contributed by atoms with Gasteiger partial charge in [-0.2, -0.15) is 0 Å². The molecular formula is C11H13N4O2S+. The monoisotopic (exact) mass is 265 g/mol. The molecule has 6 nitrogen and oxygen atoms in total. The molecule has 0 radical (unpaired) electrons. The number of benzene rings is 1. The summed E-state index contributed by atoms with van der Waals surface area (Å²) in [4.78, 5) is 21.1. The third-order valence-corrected chi connectivity index (χ3v) is 3.32. The van der Waals surface area contributed by atoms with Gasteiger partial charge < -0.3 is 10.1 Å². The summed E-state index contributed by atoms with van der Waals surface area (Å²) in [5, 5.41) is 9.51. The second-order valence-electron chi connectivity index (χ2n) is 3.62. The van der Waals surface area contributed by atoms with E-state index in [0.717, 1.165) is 11.3 Å². The quantitative estimate of drug-likeness (QED) is 0.443. The van der Waals surface area contributed by atoms with Crippen molar-refractivity contribution in [1.82, 2.24) is 9.97 Å². The van der Waals surface area contributed by atoms with E-state index in [-0.39, 0.29) is 5.56 Å². The number of rotatable bonds is 3. The molecule has 2 aromatic rings. The highest BCUT2D eigenvalue weighted by molar-refractivity contribution is 8.12. The number of carboxylic acids is 1. The maximum atomic E-state index is 10.8. The Balaban J connectivity index is 2.24. The molecule has 0 spiro atoms. The number of carbonyl (C=O) groups is 1. The minimum Gasteiger partial charge on any atom is -0.478 e. The average molecular weight is 265 g/mol. The highest BCUT2D eigenvalue weighted by Crippen LogP contribution is 2.16. The predicted octanol–water partition coefficient (Wildman–Crippen LogP) is -0.481. The van der Waals surface area contributed by atoms with Crippen LogP contribution in [0.1, 0.15) is 16.2 Å². The molecule has 1 aromatic heterocycles. The van der Waals surface area contributed by atoms with Crippen LogP contribution in [0.5, 0.6) is 0 Å². The van der Waals surface area contributed by atoms with Gasteiger partial charge in [0.1, 0.15) is 5.82 Å². The molecule has 0 aliphatic heterocycles. The molecule has 1 heterocycles. The Morgan fingerprint density at radius 3 is 3.06 bits per heavy atom. The molecule has 0 saturated heterocycles. The number of imidazole rings is 1. The van der Waals surface area contributed by atoms with Crippen LogP contribution in [0.3, 0.4) is 0 Å². The maximum absolute atomic E-state index is 10.8. The Labute approximate surface area is 107 Å². The van der Waals surface area contributed by atoms with Crippen LogP contribution in [0, 0.1) is 0 Å². The van der Waals surface area contributed by atoms with Gasteiger partial charge >= 0.3 is 11.1 Å². The van der Waals surface area contributed by atoms with Gasteiger partial charge in [0.15, 0.2) is 0 Å². The number of H-pyrrole nitrogens is 1. The zero-order chi connectivity index (χ0) is 13.1. The van der Waals surface area contributed by atoms with Crippen LogP contribution in [-0.2, 0) is 5.75 Å². The van der Waals surface area contributed by atoms with Gasteiger partial charge in [0.25, 0.3) is 0 Å². The number of nitrogens with zero attached hydrogens (tertiary/aromatic N) is 1. The van der Waals surface area contributed by atoms with Gasteiger partial charge in [0.2, 0.25) is 0 Å². The summed E-state index contributed by atoms with van der Waals surface area (Å²) in [6.07, 6.45) is 0. The Morgan fingerprint density at radius 1 is 1.61 bits per heavy atom. The van der Waals surface area contributed by atoms with Crippen LogP contribution >= 0.6 is 11.8 Å². The van der Waals surface area contributed by atoms with Gasteiger partial charge in [-0.25, -0.2) is 9.78 Å². The molecule has 7 heteroatoms. The number of aromatic nitrogens is 2. The van der Waals surface area contributed by atoms with E-state index < -0.39 is 5.97 Å². The van der Waals surface area contributed by atoms with Crippen LogP contribution in [0.15, 0.2) is 18.2 Å². The third-order valence-electron chi connectivity index (χ3n) is 2.39. The van der Waals surface area contributed by atoms with Crippen LogP contribution in [0.4, 0.5) is 0 Å². The van der Waals surface area contributed by atoms with Crippen molar-refractivity contribution in [1.29, 1.82) is 0 Å². The lowest BCUT2D eigenvalue weighted by Gasteiger charge is -1.92. The SMILES string of the molecule is C[NH+]=C(N)SCc1nc2ccc(C(=O)O)cc2[nH]1. The minimum atomic E-state index is -0.949. The van der Waals surface area contributed by atoms with E-state index in [2.05, 4.69) is 15.0 Å². The first kappa shape index (κ1) is 12.4. The van der Waals surface area contributed by atoms with E-state index in [4.69, 9.17) is 10.8 Å². The Hall–Kier alpha value is -2.02. The van der Waals surface area contributed by atoms with E-state index in [9.17, 15) is 4.79 Å². The van der Waals surface area contributed by atoms with Crippen molar-refractivity contribution < 1.29 is 14.9 Å². The maximum Gasteiger partial charge on any atom is 0.335 e. The van der Waals surface area contributed by atoms with Gasteiger partial charge in [0.05, 0.1) is 29.4 Å². The van der Waals surface area contributed by atoms with Gasteiger partial charge in [-0.15, -0.1) is 0 Å². The van der Waals surface area contributed by atoms with Crippen molar-refractivity contribution in [2.45, 2.75) is 5.75 Å². The van der Waals surface area contributed by atoms with Crippen molar-refractivity contribution in [3.63, 3.8) is 0 Å². The minimum absolute atomic E-state index is 0.242. The number of hydrogen-bond donors (Lipinski definition) is 4. The molecule has 0 fully saturated rings. The second kappa shape index (κ2) is 5.09. The summed E-state index contributed by atoms with van der Waals surface area (Å²) in [6, 6.07) is 4.80. The summed E-state index contributed by atoms with van der Waals surface area (Å²) < 4.78 is 0. The average Bonchev–Trinajstić information content (AvgIpc) is 2.77. The Morgan fingerprint density at radius 2 is 2.39 bits per heavy atom. The van der Waals surface area contributed by atoms with Gasteiger partial charge in [0, 0.05) is 0 Å². The van der Waals surface area contributed by atoms with Crippen LogP contribution in [-0.4, -0.2) is 33.3 Å². The molecule has 0 unspecified atom stereocenters. The number of nitrogens with one attached hydrogen (secondary N) is 2. The first-order valence-corrected chi connectivity index (χ1v) is 6.23. The van der Waals surface area contributed by atoms with Crippen molar-refractivity contribution in [3.05, 3.63) is 29.6 Å². The van der Waals surface area contributed by atoms with Crippen LogP contribution < -0.4 is 10.7 Å². The number of aromatic amines is 1. The highest BCUT2D eigenvalue weighted by Gasteiger charge is 2.08. The summed E-state index contributed by atoms with van der Waals surface area (Å²) in [5.41, 5.74) is 7.34. The molecule has 0 saturated carbocycles. The number of aromatic carboxylic acids is 1. The zero-order valence-corrected chi connectivity index (χ0v) is 10.5. The van der Waals surface area contributed by atoms with Crippen molar-refractivity contribution in [2.75, 3.05) is 7.05 Å². The molecule has 94 valence electrons. The fourth-order valence-electron chi connectivity index (χ4n) is 1.48. The largest absolute Gasteiger partial charge is 0.478 e. The molecular weight excluding hydrogens is 252 g/mol. The predicted molar refractivity (Wildman–Crippen MR) is 70.4 cm³/mol. The number of amidine groups is 1. The third kappa shape index (κ3) is 2.62. The highest BCUT2D eigenvalue weighted by atomic mass is 32.2. The summed E-state index contributed by atoms with van der Waals surface area (Å²) in [5.74, 6) is 0.412. The smallest absolute Gasteiger partial charge is 0.335 e. The first-order valence-electron chi connectivity index (χ1n) is 5.25. The molecule has 0 aliphatic carbocycles. The Kier molecular flexibility index (Phi) is 3.52. The molecule has 0 atom stereocenters. The fourth-order valence-corrected chi connectivity index (χ4v) is 2.06.